The van der Waals surface area contributed by atoms with E-state index in [9.17, 15) is 58.7 Å². The molecule has 0 saturated carbocycles. The fourth-order valence-electron chi connectivity index (χ4n) is 6.91. The van der Waals surface area contributed by atoms with Gasteiger partial charge in [0.2, 0.25) is 0 Å². The molecule has 0 saturated heterocycles. The Balaban J connectivity index is 1.41. The molecule has 0 spiro atoms. The molecule has 4 aromatic rings. The number of benzene rings is 4. The number of anilines is 1. The van der Waals surface area contributed by atoms with Gasteiger partial charge in [0.25, 0.3) is 23.6 Å². The molecule has 0 radical (unpaired) electrons. The van der Waals surface area contributed by atoms with E-state index in [1.165, 1.54) is 6.07 Å². The predicted molar refractivity (Wildman–Crippen MR) is 183 cm³/mol. The third kappa shape index (κ3) is 6.78. The lowest BCUT2D eigenvalue weighted by Gasteiger charge is -2.29. The van der Waals surface area contributed by atoms with Crippen molar-refractivity contribution in [3.05, 3.63) is 123 Å². The normalized spacial score (nSPS) is 15.9. The first kappa shape index (κ1) is 39.2. The number of nitrogens with zero attached hydrogens (tertiary/aromatic N) is 2. The highest BCUT2D eigenvalue weighted by atomic mass is 19.4. The number of carbonyl (C=O) groups excluding carboxylic acids is 4. The maximum Gasteiger partial charge on any atom is 0.417 e. The van der Waals surface area contributed by atoms with Gasteiger partial charge in [-0.1, -0.05) is 51.1 Å². The summed E-state index contributed by atoms with van der Waals surface area (Å²) in [5.74, 6) is -6.42. The molecule has 15 heteroatoms. The zero-order valence-corrected chi connectivity index (χ0v) is 29.9. The van der Waals surface area contributed by atoms with Gasteiger partial charge in [-0.3, -0.25) is 24.1 Å². The average Bonchev–Trinajstić information content (AvgIpc) is 3.45. The first-order chi connectivity index (χ1) is 25.1. The van der Waals surface area contributed by atoms with Gasteiger partial charge < -0.3 is 0 Å². The molecule has 2 aliphatic heterocycles. The number of fused-ring (bicyclic) bond motifs is 2. The molecule has 1 unspecified atom stereocenters. The van der Waals surface area contributed by atoms with E-state index in [1.807, 2.05) is 0 Å². The van der Waals surface area contributed by atoms with Gasteiger partial charge in [0, 0.05) is 5.54 Å². The smallest absolute Gasteiger partial charge is 0.269 e. The van der Waals surface area contributed by atoms with Crippen LogP contribution in [-0.2, 0) is 17.8 Å². The number of hydrogen-bond donors (Lipinski definition) is 0. The van der Waals surface area contributed by atoms with E-state index in [0.717, 1.165) is 59.5 Å². The highest BCUT2D eigenvalue weighted by Crippen LogP contribution is 2.47. The van der Waals surface area contributed by atoms with Gasteiger partial charge in [0.1, 0.15) is 5.92 Å². The Morgan fingerprint density at radius 1 is 0.473 bits per heavy atom. The molecule has 0 aromatic heterocycles. The minimum Gasteiger partial charge on any atom is -0.269 e. The second-order valence-electron chi connectivity index (χ2n) is 15.4. The molecule has 0 bridgehead atoms. The summed E-state index contributed by atoms with van der Waals surface area (Å²) >= 11 is 0. The third-order valence-electron chi connectivity index (χ3n) is 9.53. The summed E-state index contributed by atoms with van der Waals surface area (Å²) in [5.41, 5.74) is -9.23. The molecule has 288 valence electrons. The van der Waals surface area contributed by atoms with Crippen LogP contribution >= 0.6 is 0 Å². The quantitative estimate of drug-likeness (QED) is 0.153. The minimum atomic E-state index is -5.28. The molecular formula is C40H31F9N2O4. The number of rotatable bonds is 4. The van der Waals surface area contributed by atoms with Gasteiger partial charge in [0.15, 0.2) is 0 Å². The number of alkyl halides is 9. The monoisotopic (exact) mass is 774 g/mol. The van der Waals surface area contributed by atoms with Crippen molar-refractivity contribution in [2.75, 3.05) is 4.90 Å². The third-order valence-corrected chi connectivity index (χ3v) is 9.53. The zero-order chi connectivity index (χ0) is 41.0. The Kier molecular flexibility index (Phi) is 8.94. The van der Waals surface area contributed by atoms with Crippen LogP contribution in [0, 0.1) is 0 Å². The Morgan fingerprint density at radius 3 is 1.36 bits per heavy atom. The van der Waals surface area contributed by atoms with Crippen LogP contribution < -0.4 is 4.90 Å². The fraction of sp³-hybridized carbons (Fsp3) is 0.300. The Hall–Kier alpha value is -5.47. The van der Waals surface area contributed by atoms with E-state index in [0.29, 0.717) is 17.0 Å². The number of carbonyl (C=O) groups is 4. The maximum atomic E-state index is 14.8. The van der Waals surface area contributed by atoms with Gasteiger partial charge in [-0.2, -0.15) is 39.5 Å². The van der Waals surface area contributed by atoms with Crippen LogP contribution in [0.5, 0.6) is 0 Å². The molecule has 2 heterocycles. The Bertz CT molecular complexity index is 2310. The minimum absolute atomic E-state index is 0.101. The van der Waals surface area contributed by atoms with Gasteiger partial charge in [-0.05, 0) is 96.5 Å². The number of hydrogen-bond acceptors (Lipinski definition) is 4. The molecule has 1 atom stereocenters. The summed E-state index contributed by atoms with van der Waals surface area (Å²) < 4.78 is 131. The van der Waals surface area contributed by atoms with Crippen molar-refractivity contribution in [2.24, 2.45) is 0 Å². The molecule has 0 fully saturated rings. The van der Waals surface area contributed by atoms with Crippen molar-refractivity contribution in [3.8, 4) is 11.1 Å². The first-order valence-corrected chi connectivity index (χ1v) is 16.7. The highest BCUT2D eigenvalue weighted by molar-refractivity contribution is 6.34. The van der Waals surface area contributed by atoms with Gasteiger partial charge in [-0.25, -0.2) is 4.90 Å². The zero-order valence-electron chi connectivity index (χ0n) is 29.9. The van der Waals surface area contributed by atoms with Crippen molar-refractivity contribution < 1.29 is 58.7 Å². The summed E-state index contributed by atoms with van der Waals surface area (Å²) in [5, 5.41) is 0. The number of imide groups is 2. The molecule has 6 rings (SSSR count). The average molecular weight is 775 g/mol. The summed E-state index contributed by atoms with van der Waals surface area (Å²) in [6, 6.07) is 10.5. The maximum absolute atomic E-state index is 14.8. The molecule has 0 aliphatic carbocycles. The van der Waals surface area contributed by atoms with E-state index in [1.54, 1.807) is 41.5 Å². The van der Waals surface area contributed by atoms with E-state index in [-0.39, 0.29) is 16.7 Å². The molecule has 55 heavy (non-hydrogen) atoms. The summed E-state index contributed by atoms with van der Waals surface area (Å²) in [6.07, 6.45) is -15.4. The van der Waals surface area contributed by atoms with Gasteiger partial charge >= 0.3 is 18.5 Å². The van der Waals surface area contributed by atoms with Crippen molar-refractivity contribution >= 4 is 29.3 Å². The lowest BCUT2D eigenvalue weighted by atomic mass is 9.83. The van der Waals surface area contributed by atoms with Crippen molar-refractivity contribution in [1.29, 1.82) is 0 Å². The summed E-state index contributed by atoms with van der Waals surface area (Å²) in [6.45, 7) is 9.62. The Labute approximate surface area is 308 Å². The predicted octanol–water partition coefficient (Wildman–Crippen LogP) is 10.6. The van der Waals surface area contributed by atoms with Crippen LogP contribution in [-0.4, -0.2) is 40.2 Å². The van der Waals surface area contributed by atoms with Crippen molar-refractivity contribution in [2.45, 2.75) is 76.9 Å². The summed E-state index contributed by atoms with van der Waals surface area (Å²) in [7, 11) is 0. The lowest BCUT2D eigenvalue weighted by molar-refractivity contribution is -0.141. The molecular weight excluding hydrogens is 743 g/mol. The molecule has 2 aliphatic rings. The van der Waals surface area contributed by atoms with Crippen LogP contribution in [0.25, 0.3) is 11.1 Å². The van der Waals surface area contributed by atoms with E-state index < -0.39 is 109 Å². The lowest BCUT2D eigenvalue weighted by Crippen LogP contribution is -2.45. The fourth-order valence-corrected chi connectivity index (χ4v) is 6.91. The second kappa shape index (κ2) is 12.5. The summed E-state index contributed by atoms with van der Waals surface area (Å²) in [4.78, 5) is 54.4. The molecule has 4 amide bonds. The van der Waals surface area contributed by atoms with Crippen LogP contribution in [0.3, 0.4) is 0 Å². The Morgan fingerprint density at radius 2 is 0.891 bits per heavy atom. The van der Waals surface area contributed by atoms with E-state index in [4.69, 9.17) is 0 Å². The van der Waals surface area contributed by atoms with Crippen LogP contribution in [0.4, 0.5) is 45.2 Å². The molecule has 6 nitrogen and oxygen atoms in total. The topological polar surface area (TPSA) is 74.8 Å². The van der Waals surface area contributed by atoms with E-state index in [2.05, 4.69) is 0 Å². The van der Waals surface area contributed by atoms with Gasteiger partial charge in [-0.15, -0.1) is 0 Å². The van der Waals surface area contributed by atoms with Crippen molar-refractivity contribution in [3.63, 3.8) is 0 Å². The standard InChI is InChI=1S/C40H31F9N2O4/c1-36(2,3)21-9-13-23(29(17-21)38(41,42)43)24-14-10-22(18-30(24)39(44,45)46)50-32(52)25-11-7-19(15-27(25)33(50)53)31(40(47,48)49)20-8-12-26-28(16-20)35(55)51(34(26)54)37(4,5)6/h7-18,31H,1-6H3. The van der Waals surface area contributed by atoms with Crippen LogP contribution in [0.15, 0.2) is 72.8 Å². The van der Waals surface area contributed by atoms with Gasteiger partial charge in [0.05, 0.1) is 39.1 Å². The second-order valence-corrected chi connectivity index (χ2v) is 15.4. The van der Waals surface area contributed by atoms with Crippen molar-refractivity contribution in [1.82, 2.24) is 4.90 Å². The number of amides is 4. The SMILES string of the molecule is CC(C)(C)c1ccc(-c2ccc(N3C(=O)c4ccc(C(c5ccc6c(c5)C(=O)N(C(C)(C)C)C6=O)C(F)(F)F)cc4C3=O)cc2C(F)(F)F)c(C(F)(F)F)c1. The largest absolute Gasteiger partial charge is 0.417 e. The van der Waals surface area contributed by atoms with Crippen LogP contribution in [0.1, 0.15) is 117 Å². The molecule has 4 aromatic carbocycles. The highest BCUT2D eigenvalue weighted by Gasteiger charge is 2.47. The first-order valence-electron chi connectivity index (χ1n) is 16.7. The number of halogens is 9. The van der Waals surface area contributed by atoms with Crippen LogP contribution in [0.2, 0.25) is 0 Å². The molecule has 0 N–H and O–H groups in total. The van der Waals surface area contributed by atoms with E-state index >= 15 is 0 Å².